The van der Waals surface area contributed by atoms with Gasteiger partial charge in [0.25, 0.3) is 0 Å². The largest absolute Gasteiger partial charge is 0.375 e. The summed E-state index contributed by atoms with van der Waals surface area (Å²) in [5.74, 6) is 0.287. The minimum absolute atomic E-state index is 0.0778. The van der Waals surface area contributed by atoms with E-state index in [1.807, 2.05) is 42.6 Å². The molecule has 0 fully saturated rings. The number of rotatable bonds is 11. The van der Waals surface area contributed by atoms with Gasteiger partial charge in [0.15, 0.2) is 0 Å². The Balaban J connectivity index is 2.04. The van der Waals surface area contributed by atoms with Crippen molar-refractivity contribution in [3.8, 4) is 0 Å². The van der Waals surface area contributed by atoms with Gasteiger partial charge >= 0.3 is 0 Å². The van der Waals surface area contributed by atoms with Crippen LogP contribution in [-0.4, -0.2) is 58.7 Å². The van der Waals surface area contributed by atoms with Gasteiger partial charge < -0.3 is 20.4 Å². The van der Waals surface area contributed by atoms with Crippen molar-refractivity contribution in [3.05, 3.63) is 83.7 Å². The summed E-state index contributed by atoms with van der Waals surface area (Å²) in [4.78, 5) is 27.7. The first-order valence-corrected chi connectivity index (χ1v) is 11.9. The second-order valence-electron chi connectivity index (χ2n) is 9.80. The number of H-pyrrole nitrogens is 1. The first-order valence-electron chi connectivity index (χ1n) is 11.9. The van der Waals surface area contributed by atoms with E-state index in [1.54, 1.807) is 11.1 Å². The molecule has 0 saturated carbocycles. The smallest absolute Gasteiger partial charge is 0.249 e. The number of nitrogens with one attached hydrogen (secondary N) is 1. The van der Waals surface area contributed by atoms with Crippen LogP contribution in [0.2, 0.25) is 0 Å². The van der Waals surface area contributed by atoms with Crippen LogP contribution in [0.15, 0.2) is 60.9 Å². The molecule has 3 atom stereocenters. The second kappa shape index (κ2) is 12.0. The van der Waals surface area contributed by atoms with E-state index in [0.717, 1.165) is 17.0 Å². The highest BCUT2D eigenvalue weighted by Crippen LogP contribution is 2.38. The summed E-state index contributed by atoms with van der Waals surface area (Å²) in [6.45, 7) is 5.74. The normalized spacial score (nSPS) is 14.3. The zero-order chi connectivity index (χ0) is 25.4. The molecule has 0 bridgehead atoms. The molecular weight excluding hydrogens is 445 g/mol. The molecule has 3 rings (SSSR count). The Morgan fingerprint density at radius 1 is 1.14 bits per heavy atom. The number of carbonyl (C=O) groups excluding carboxylic acids is 1. The van der Waals surface area contributed by atoms with Gasteiger partial charge in [-0.05, 0) is 29.5 Å². The number of ether oxygens (including phenoxy) is 1. The van der Waals surface area contributed by atoms with Crippen LogP contribution in [0, 0.1) is 5.41 Å². The molecular formula is C27H36FN5O2. The topological polar surface area (TPSA) is 97.1 Å². The van der Waals surface area contributed by atoms with E-state index in [4.69, 9.17) is 15.5 Å². The molecule has 1 aromatic carbocycles. The van der Waals surface area contributed by atoms with Gasteiger partial charge in [-0.15, -0.1) is 0 Å². The number of benzene rings is 1. The molecule has 0 aliphatic rings. The molecule has 7 nitrogen and oxygen atoms in total. The number of methoxy groups -OCH3 is 1. The minimum Gasteiger partial charge on any atom is -0.375 e. The monoisotopic (exact) mass is 481 g/mol. The molecule has 188 valence electrons. The number of nitrogens with zero attached hydrogens (tertiary/aromatic N) is 3. The van der Waals surface area contributed by atoms with Gasteiger partial charge in [0.2, 0.25) is 5.91 Å². The van der Waals surface area contributed by atoms with Crippen LogP contribution in [0.25, 0.3) is 0 Å². The van der Waals surface area contributed by atoms with Gasteiger partial charge in [0, 0.05) is 32.1 Å². The number of carbonyl (C=O) groups is 1. The van der Waals surface area contributed by atoms with Crippen LogP contribution in [0.4, 0.5) is 4.39 Å². The maximum absolute atomic E-state index is 13.1. The fraction of sp³-hybridized carbons (Fsp3) is 0.444. The van der Waals surface area contributed by atoms with Crippen LogP contribution in [0.5, 0.6) is 0 Å². The van der Waals surface area contributed by atoms with Gasteiger partial charge in [0.05, 0.1) is 23.3 Å². The minimum atomic E-state index is -0.639. The third kappa shape index (κ3) is 6.74. The fourth-order valence-electron chi connectivity index (χ4n) is 4.34. The van der Waals surface area contributed by atoms with Crippen molar-refractivity contribution in [1.29, 1.82) is 0 Å². The molecule has 3 N–H and O–H groups in total. The standard InChI is InChI=1S/C27H36FN5O2/c1-27(2,3)25(33(23(34)18-35-4)15-13-20(29)16-28)26-31-17-22(32-26)24(19-10-6-5-7-11-19)21-12-8-9-14-30-21/h5-12,14,17,20,24-25H,13,15-16,18,29H2,1-4H3,(H,31,32)/t20-,24+,25?/m0/s1. The zero-order valence-corrected chi connectivity index (χ0v) is 20.9. The van der Waals surface area contributed by atoms with Crippen molar-refractivity contribution in [2.75, 3.05) is 26.9 Å². The number of aromatic nitrogens is 3. The Morgan fingerprint density at radius 3 is 2.46 bits per heavy atom. The molecule has 1 amide bonds. The Bertz CT molecular complexity index is 1010. The number of amides is 1. The van der Waals surface area contributed by atoms with Crippen LogP contribution in [0.1, 0.15) is 61.9 Å². The third-order valence-electron chi connectivity index (χ3n) is 5.95. The molecule has 0 spiro atoms. The number of alkyl halides is 1. The lowest BCUT2D eigenvalue weighted by atomic mass is 9.84. The fourth-order valence-corrected chi connectivity index (χ4v) is 4.34. The highest BCUT2D eigenvalue weighted by molar-refractivity contribution is 5.78. The average Bonchev–Trinajstić information content (AvgIpc) is 3.30. The molecule has 8 heteroatoms. The predicted octanol–water partition coefficient (Wildman–Crippen LogP) is 4.23. The molecule has 0 saturated heterocycles. The Morgan fingerprint density at radius 2 is 1.86 bits per heavy atom. The number of aromatic amines is 1. The van der Waals surface area contributed by atoms with Crippen molar-refractivity contribution in [2.24, 2.45) is 11.1 Å². The van der Waals surface area contributed by atoms with E-state index in [-0.39, 0.29) is 23.8 Å². The van der Waals surface area contributed by atoms with Crippen molar-refractivity contribution in [1.82, 2.24) is 19.9 Å². The third-order valence-corrected chi connectivity index (χ3v) is 5.95. The van der Waals surface area contributed by atoms with Gasteiger partial charge in [-0.1, -0.05) is 57.2 Å². The average molecular weight is 482 g/mol. The second-order valence-corrected chi connectivity index (χ2v) is 9.80. The van der Waals surface area contributed by atoms with Crippen LogP contribution in [-0.2, 0) is 9.53 Å². The van der Waals surface area contributed by atoms with Crippen molar-refractivity contribution >= 4 is 5.91 Å². The lowest BCUT2D eigenvalue weighted by Crippen LogP contribution is -2.45. The van der Waals surface area contributed by atoms with Gasteiger partial charge in [-0.3, -0.25) is 9.78 Å². The molecule has 0 radical (unpaired) electrons. The Hall–Kier alpha value is -3.10. The summed E-state index contributed by atoms with van der Waals surface area (Å²) >= 11 is 0. The van der Waals surface area contributed by atoms with Crippen molar-refractivity contribution in [2.45, 2.75) is 45.2 Å². The predicted molar refractivity (Wildman–Crippen MR) is 135 cm³/mol. The maximum Gasteiger partial charge on any atom is 0.249 e. The highest BCUT2D eigenvalue weighted by atomic mass is 19.1. The highest BCUT2D eigenvalue weighted by Gasteiger charge is 2.37. The molecule has 3 aromatic rings. The van der Waals surface area contributed by atoms with E-state index >= 15 is 0 Å². The zero-order valence-electron chi connectivity index (χ0n) is 20.9. The molecule has 2 heterocycles. The molecule has 0 aliphatic carbocycles. The SMILES string of the molecule is COCC(=O)N(CC[C@H](N)CF)C(c1nc([C@H](c2ccccc2)c2ccccn2)c[nH]1)C(C)(C)C. The number of pyridine rings is 1. The van der Waals surface area contributed by atoms with Gasteiger partial charge in [-0.2, -0.15) is 0 Å². The van der Waals surface area contributed by atoms with E-state index in [1.165, 1.54) is 7.11 Å². The van der Waals surface area contributed by atoms with Gasteiger partial charge in [0.1, 0.15) is 19.1 Å². The number of nitrogens with two attached hydrogens (primary N) is 1. The molecule has 2 aromatic heterocycles. The Kier molecular flexibility index (Phi) is 9.12. The van der Waals surface area contributed by atoms with Gasteiger partial charge in [-0.25, -0.2) is 9.37 Å². The van der Waals surface area contributed by atoms with E-state index < -0.39 is 18.8 Å². The lowest BCUT2D eigenvalue weighted by molar-refractivity contribution is -0.140. The van der Waals surface area contributed by atoms with Crippen LogP contribution < -0.4 is 5.73 Å². The van der Waals surface area contributed by atoms with E-state index in [9.17, 15) is 9.18 Å². The summed E-state index contributed by atoms with van der Waals surface area (Å²) in [6.07, 6.45) is 4.00. The maximum atomic E-state index is 13.1. The summed E-state index contributed by atoms with van der Waals surface area (Å²) in [7, 11) is 1.48. The summed E-state index contributed by atoms with van der Waals surface area (Å²) in [6, 6.07) is 14.9. The van der Waals surface area contributed by atoms with Crippen LogP contribution >= 0.6 is 0 Å². The summed E-state index contributed by atoms with van der Waals surface area (Å²) < 4.78 is 18.2. The number of hydrogen-bond acceptors (Lipinski definition) is 5. The van der Waals surface area contributed by atoms with E-state index in [2.05, 4.69) is 42.9 Å². The first-order chi connectivity index (χ1) is 16.8. The Labute approximate surface area is 206 Å². The number of halogens is 1. The molecule has 0 aliphatic heterocycles. The summed E-state index contributed by atoms with van der Waals surface area (Å²) in [5, 5.41) is 0. The quantitative estimate of drug-likeness (QED) is 0.427. The number of imidazole rings is 1. The molecule has 1 unspecified atom stereocenters. The molecule has 35 heavy (non-hydrogen) atoms. The van der Waals surface area contributed by atoms with Crippen molar-refractivity contribution in [3.63, 3.8) is 0 Å². The van der Waals surface area contributed by atoms with Crippen LogP contribution in [0.3, 0.4) is 0 Å². The first kappa shape index (κ1) is 26.5. The number of hydrogen-bond donors (Lipinski definition) is 2. The lowest BCUT2D eigenvalue weighted by Gasteiger charge is -2.39. The summed E-state index contributed by atoms with van der Waals surface area (Å²) in [5.41, 5.74) is 8.22. The van der Waals surface area contributed by atoms with E-state index in [0.29, 0.717) is 18.8 Å². The van der Waals surface area contributed by atoms with Crippen molar-refractivity contribution < 1.29 is 13.9 Å².